The highest BCUT2D eigenvalue weighted by atomic mass is 16.3. The normalized spacial score (nSPS) is 11.4. The first-order chi connectivity index (χ1) is 9.15. The van der Waals surface area contributed by atoms with Gasteiger partial charge in [-0.2, -0.15) is 5.26 Å². The van der Waals surface area contributed by atoms with Crippen molar-refractivity contribution in [2.45, 2.75) is 25.9 Å². The quantitative estimate of drug-likeness (QED) is 0.689. The molecule has 1 unspecified atom stereocenters. The highest BCUT2D eigenvalue weighted by molar-refractivity contribution is 5.80. The molecule has 0 aromatic heterocycles. The minimum absolute atomic E-state index is 0.118. The largest absolute Gasteiger partial charge is 0.393 e. The Morgan fingerprint density at radius 3 is 2.68 bits per heavy atom. The van der Waals surface area contributed by atoms with Crippen LogP contribution in [0.4, 0.5) is 5.69 Å². The number of hydrogen-bond acceptors (Lipinski definition) is 4. The van der Waals surface area contributed by atoms with Crippen LogP contribution in [0.25, 0.3) is 0 Å². The van der Waals surface area contributed by atoms with Gasteiger partial charge in [-0.05, 0) is 37.1 Å². The van der Waals surface area contributed by atoms with E-state index in [1.165, 1.54) is 0 Å². The van der Waals surface area contributed by atoms with Crippen LogP contribution < -0.4 is 10.6 Å². The average Bonchev–Trinajstić information content (AvgIpc) is 2.45. The summed E-state index contributed by atoms with van der Waals surface area (Å²) in [5.74, 6) is -0.118. The fourth-order valence-electron chi connectivity index (χ4n) is 1.49. The van der Waals surface area contributed by atoms with Gasteiger partial charge in [0.15, 0.2) is 0 Å². The zero-order chi connectivity index (χ0) is 14.1. The van der Waals surface area contributed by atoms with E-state index in [1.54, 1.807) is 24.3 Å². The molecule has 0 spiro atoms. The Balaban J connectivity index is 2.24. The number of aliphatic hydroxyl groups is 1. The molecule has 102 valence electrons. The maximum atomic E-state index is 11.5. The van der Waals surface area contributed by atoms with Gasteiger partial charge in [-0.3, -0.25) is 4.79 Å². The molecule has 0 aliphatic carbocycles. The van der Waals surface area contributed by atoms with Gasteiger partial charge < -0.3 is 15.7 Å². The van der Waals surface area contributed by atoms with Crippen LogP contribution in [-0.2, 0) is 4.79 Å². The van der Waals surface area contributed by atoms with Gasteiger partial charge in [-0.15, -0.1) is 0 Å². The molecule has 0 saturated carbocycles. The SMILES string of the molecule is CCC(O)CCNC(=O)CNc1ccc(C#N)cc1. The van der Waals surface area contributed by atoms with Crippen LogP contribution in [0.2, 0.25) is 0 Å². The number of aliphatic hydroxyl groups excluding tert-OH is 1. The van der Waals surface area contributed by atoms with Crippen LogP contribution in [0.3, 0.4) is 0 Å². The summed E-state index contributed by atoms with van der Waals surface area (Å²) in [4.78, 5) is 11.5. The molecule has 0 aliphatic heterocycles. The third kappa shape index (κ3) is 5.89. The van der Waals surface area contributed by atoms with Crippen molar-refractivity contribution in [3.63, 3.8) is 0 Å². The Morgan fingerprint density at radius 1 is 1.42 bits per heavy atom. The molecule has 19 heavy (non-hydrogen) atoms. The number of nitrogens with zero attached hydrogens (tertiary/aromatic N) is 1. The van der Waals surface area contributed by atoms with Gasteiger partial charge in [0, 0.05) is 12.2 Å². The van der Waals surface area contributed by atoms with Crippen molar-refractivity contribution < 1.29 is 9.90 Å². The molecule has 1 aromatic carbocycles. The molecule has 1 amide bonds. The van der Waals surface area contributed by atoms with Crippen molar-refractivity contribution in [1.82, 2.24) is 5.32 Å². The summed E-state index contributed by atoms with van der Waals surface area (Å²) in [6.45, 7) is 2.55. The molecule has 5 nitrogen and oxygen atoms in total. The molecule has 0 saturated heterocycles. The van der Waals surface area contributed by atoms with Crippen molar-refractivity contribution in [3.05, 3.63) is 29.8 Å². The molecule has 0 heterocycles. The highest BCUT2D eigenvalue weighted by Gasteiger charge is 2.03. The van der Waals surface area contributed by atoms with E-state index in [0.717, 1.165) is 5.69 Å². The molecule has 5 heteroatoms. The summed E-state index contributed by atoms with van der Waals surface area (Å²) >= 11 is 0. The summed E-state index contributed by atoms with van der Waals surface area (Å²) < 4.78 is 0. The molecule has 0 radical (unpaired) electrons. The van der Waals surface area contributed by atoms with E-state index in [4.69, 9.17) is 5.26 Å². The molecule has 0 bridgehead atoms. The van der Waals surface area contributed by atoms with E-state index in [1.807, 2.05) is 13.0 Å². The third-order valence-corrected chi connectivity index (χ3v) is 2.74. The number of amides is 1. The molecule has 3 N–H and O–H groups in total. The van der Waals surface area contributed by atoms with Gasteiger partial charge in [-0.1, -0.05) is 6.92 Å². The van der Waals surface area contributed by atoms with E-state index in [0.29, 0.717) is 24.9 Å². The Bertz CT molecular complexity index is 437. The fourth-order valence-corrected chi connectivity index (χ4v) is 1.49. The van der Waals surface area contributed by atoms with E-state index >= 15 is 0 Å². The zero-order valence-electron chi connectivity index (χ0n) is 11.0. The van der Waals surface area contributed by atoms with Crippen molar-refractivity contribution in [3.8, 4) is 6.07 Å². The first-order valence-electron chi connectivity index (χ1n) is 6.34. The zero-order valence-corrected chi connectivity index (χ0v) is 11.0. The second-order valence-corrected chi connectivity index (χ2v) is 4.24. The number of nitriles is 1. The van der Waals surface area contributed by atoms with Crippen LogP contribution in [0.5, 0.6) is 0 Å². The maximum absolute atomic E-state index is 11.5. The molecule has 1 rings (SSSR count). The Kier molecular flexibility index (Phi) is 6.41. The van der Waals surface area contributed by atoms with E-state index in [-0.39, 0.29) is 18.6 Å². The van der Waals surface area contributed by atoms with Crippen molar-refractivity contribution in [2.75, 3.05) is 18.4 Å². The van der Waals surface area contributed by atoms with Crippen molar-refractivity contribution in [2.24, 2.45) is 0 Å². The van der Waals surface area contributed by atoms with Gasteiger partial charge in [0.2, 0.25) is 5.91 Å². The lowest BCUT2D eigenvalue weighted by atomic mass is 10.2. The average molecular weight is 261 g/mol. The smallest absolute Gasteiger partial charge is 0.239 e. The summed E-state index contributed by atoms with van der Waals surface area (Å²) in [6.07, 6.45) is 0.908. The standard InChI is InChI=1S/C14H19N3O2/c1-2-13(18)7-8-16-14(19)10-17-12-5-3-11(9-15)4-6-12/h3-6,13,17-18H,2,7-8,10H2,1H3,(H,16,19). The van der Waals surface area contributed by atoms with Crippen LogP contribution >= 0.6 is 0 Å². The monoisotopic (exact) mass is 261 g/mol. The number of carbonyl (C=O) groups is 1. The second-order valence-electron chi connectivity index (χ2n) is 4.24. The van der Waals surface area contributed by atoms with Crippen molar-refractivity contribution in [1.29, 1.82) is 5.26 Å². The number of carbonyl (C=O) groups excluding carboxylic acids is 1. The lowest BCUT2D eigenvalue weighted by Gasteiger charge is -2.10. The number of benzene rings is 1. The number of anilines is 1. The molecule has 0 aliphatic rings. The first-order valence-corrected chi connectivity index (χ1v) is 6.34. The second kappa shape index (κ2) is 8.11. The van der Waals surface area contributed by atoms with E-state index < -0.39 is 0 Å². The van der Waals surface area contributed by atoms with E-state index in [9.17, 15) is 9.90 Å². The predicted molar refractivity (Wildman–Crippen MR) is 73.6 cm³/mol. The number of nitrogens with one attached hydrogen (secondary N) is 2. The fraction of sp³-hybridized carbons (Fsp3) is 0.429. The predicted octanol–water partition coefficient (Wildman–Crippen LogP) is 1.25. The van der Waals surface area contributed by atoms with Crippen LogP contribution in [0.15, 0.2) is 24.3 Å². The number of hydrogen-bond donors (Lipinski definition) is 3. The van der Waals surface area contributed by atoms with Crippen LogP contribution in [0.1, 0.15) is 25.3 Å². The molecule has 0 fully saturated rings. The van der Waals surface area contributed by atoms with E-state index in [2.05, 4.69) is 10.6 Å². The van der Waals surface area contributed by atoms with Gasteiger partial charge in [0.1, 0.15) is 0 Å². The van der Waals surface area contributed by atoms with Gasteiger partial charge in [0.05, 0.1) is 24.3 Å². The van der Waals surface area contributed by atoms with Gasteiger partial charge in [0.25, 0.3) is 0 Å². The molecule has 1 atom stereocenters. The minimum Gasteiger partial charge on any atom is -0.393 e. The summed E-state index contributed by atoms with van der Waals surface area (Å²) in [7, 11) is 0. The lowest BCUT2D eigenvalue weighted by molar-refractivity contribution is -0.119. The van der Waals surface area contributed by atoms with Crippen LogP contribution in [0, 0.1) is 11.3 Å². The summed E-state index contributed by atoms with van der Waals surface area (Å²) in [5, 5.41) is 23.7. The van der Waals surface area contributed by atoms with Gasteiger partial charge >= 0.3 is 0 Å². The molecular formula is C14H19N3O2. The number of rotatable bonds is 7. The highest BCUT2D eigenvalue weighted by Crippen LogP contribution is 2.07. The first kappa shape index (κ1) is 15.0. The maximum Gasteiger partial charge on any atom is 0.239 e. The Hall–Kier alpha value is -2.06. The minimum atomic E-state index is -0.355. The Labute approximate surface area is 113 Å². The summed E-state index contributed by atoms with van der Waals surface area (Å²) in [5.41, 5.74) is 1.38. The van der Waals surface area contributed by atoms with Gasteiger partial charge in [-0.25, -0.2) is 0 Å². The van der Waals surface area contributed by atoms with Crippen LogP contribution in [-0.4, -0.2) is 30.2 Å². The third-order valence-electron chi connectivity index (χ3n) is 2.74. The lowest BCUT2D eigenvalue weighted by Crippen LogP contribution is -2.32. The molecular weight excluding hydrogens is 242 g/mol. The summed E-state index contributed by atoms with van der Waals surface area (Å²) in [6, 6.07) is 8.93. The Morgan fingerprint density at radius 2 is 2.11 bits per heavy atom. The topological polar surface area (TPSA) is 85.2 Å². The molecule has 1 aromatic rings. The van der Waals surface area contributed by atoms with Crippen molar-refractivity contribution >= 4 is 11.6 Å².